The Morgan fingerprint density at radius 2 is 1.66 bits per heavy atom. The number of fused-ring (bicyclic) bond motifs is 1. The summed E-state index contributed by atoms with van der Waals surface area (Å²) in [6.07, 6.45) is 0. The van der Waals surface area contributed by atoms with Crippen molar-refractivity contribution >= 4 is 63.3 Å². The number of amides is 1. The Hall–Kier alpha value is -3.12. The minimum absolute atomic E-state index is 0.210. The number of hydrogen-bond acceptors (Lipinski definition) is 4. The molecule has 0 bridgehead atoms. The van der Waals surface area contributed by atoms with Gasteiger partial charge in [-0.2, -0.15) is 0 Å². The normalized spacial score (nSPS) is 10.7. The molecule has 4 aromatic rings. The number of hydrogen-bond donors (Lipinski definition) is 1. The van der Waals surface area contributed by atoms with Crippen molar-refractivity contribution in [3.05, 3.63) is 93.4 Å². The van der Waals surface area contributed by atoms with Crippen molar-refractivity contribution in [1.82, 2.24) is 4.98 Å². The molecule has 1 amide bonds. The number of para-hydroxylation sites is 1. The molecule has 0 aliphatic heterocycles. The third-order valence-electron chi connectivity index (χ3n) is 4.64. The number of anilines is 1. The summed E-state index contributed by atoms with van der Waals surface area (Å²) >= 11 is 18.0. The van der Waals surface area contributed by atoms with Crippen LogP contribution in [-0.4, -0.2) is 23.5 Å². The van der Waals surface area contributed by atoms with Gasteiger partial charge in [-0.3, -0.25) is 4.79 Å². The van der Waals surface area contributed by atoms with Crippen molar-refractivity contribution in [2.75, 3.05) is 11.9 Å². The van der Waals surface area contributed by atoms with Crippen LogP contribution in [0.5, 0.6) is 0 Å². The molecule has 0 atom stereocenters. The average Bonchev–Trinajstić information content (AvgIpc) is 2.80. The SMILES string of the molecule is O=C(COC(=O)c1cc(-c2ccc(Cl)cc2)nc2ccccc12)Nc1cccc(Cl)c1Cl. The lowest BCUT2D eigenvalue weighted by atomic mass is 10.0. The highest BCUT2D eigenvalue weighted by molar-refractivity contribution is 6.44. The number of aromatic nitrogens is 1. The molecule has 0 radical (unpaired) electrons. The topological polar surface area (TPSA) is 68.3 Å². The molecule has 0 unspecified atom stereocenters. The molecule has 32 heavy (non-hydrogen) atoms. The van der Waals surface area contributed by atoms with E-state index in [0.717, 1.165) is 5.56 Å². The minimum atomic E-state index is -0.647. The van der Waals surface area contributed by atoms with Crippen molar-refractivity contribution in [3.63, 3.8) is 0 Å². The van der Waals surface area contributed by atoms with Crippen molar-refractivity contribution in [2.24, 2.45) is 0 Å². The predicted octanol–water partition coefficient (Wildman–Crippen LogP) is 6.66. The minimum Gasteiger partial charge on any atom is -0.452 e. The van der Waals surface area contributed by atoms with Gasteiger partial charge in [0, 0.05) is 16.0 Å². The van der Waals surface area contributed by atoms with Gasteiger partial charge in [0.25, 0.3) is 5.91 Å². The summed E-state index contributed by atoms with van der Waals surface area (Å²) < 4.78 is 5.27. The highest BCUT2D eigenvalue weighted by Gasteiger charge is 2.17. The van der Waals surface area contributed by atoms with E-state index in [1.54, 1.807) is 54.6 Å². The van der Waals surface area contributed by atoms with E-state index in [0.29, 0.717) is 37.9 Å². The lowest BCUT2D eigenvalue weighted by molar-refractivity contribution is -0.119. The summed E-state index contributed by atoms with van der Waals surface area (Å²) in [4.78, 5) is 29.8. The van der Waals surface area contributed by atoms with Gasteiger partial charge in [-0.15, -0.1) is 0 Å². The van der Waals surface area contributed by atoms with E-state index in [1.807, 2.05) is 18.2 Å². The summed E-state index contributed by atoms with van der Waals surface area (Å²) in [7, 11) is 0. The molecular weight excluding hydrogens is 471 g/mol. The van der Waals surface area contributed by atoms with Gasteiger partial charge in [-0.25, -0.2) is 9.78 Å². The van der Waals surface area contributed by atoms with E-state index in [-0.39, 0.29) is 5.02 Å². The Labute approximate surface area is 198 Å². The third kappa shape index (κ3) is 4.86. The number of carbonyl (C=O) groups is 2. The molecule has 0 aliphatic carbocycles. The quantitative estimate of drug-likeness (QED) is 0.321. The monoisotopic (exact) mass is 484 g/mol. The van der Waals surface area contributed by atoms with Gasteiger partial charge in [-0.1, -0.05) is 71.2 Å². The van der Waals surface area contributed by atoms with Crippen LogP contribution in [0, 0.1) is 0 Å². The second-order valence-electron chi connectivity index (χ2n) is 6.80. The maximum atomic E-state index is 12.9. The Morgan fingerprint density at radius 3 is 2.44 bits per heavy atom. The number of carbonyl (C=O) groups excluding carboxylic acids is 2. The molecule has 1 N–H and O–H groups in total. The highest BCUT2D eigenvalue weighted by atomic mass is 35.5. The largest absolute Gasteiger partial charge is 0.452 e. The van der Waals surface area contributed by atoms with Crippen LogP contribution in [-0.2, 0) is 9.53 Å². The van der Waals surface area contributed by atoms with Crippen LogP contribution in [0.25, 0.3) is 22.2 Å². The fourth-order valence-corrected chi connectivity index (χ4v) is 3.58. The molecule has 1 aromatic heterocycles. The summed E-state index contributed by atoms with van der Waals surface area (Å²) in [5.41, 5.74) is 2.64. The van der Waals surface area contributed by atoms with E-state index in [4.69, 9.17) is 39.5 Å². The van der Waals surface area contributed by atoms with Gasteiger partial charge >= 0.3 is 5.97 Å². The van der Waals surface area contributed by atoms with Gasteiger partial charge in [0.15, 0.2) is 6.61 Å². The van der Waals surface area contributed by atoms with Crippen LogP contribution in [0.4, 0.5) is 5.69 Å². The molecule has 5 nitrogen and oxygen atoms in total. The maximum Gasteiger partial charge on any atom is 0.339 e. The molecule has 0 saturated heterocycles. The molecule has 1 heterocycles. The Balaban J connectivity index is 1.56. The number of rotatable bonds is 5. The van der Waals surface area contributed by atoms with Crippen molar-refractivity contribution in [1.29, 1.82) is 0 Å². The van der Waals surface area contributed by atoms with Gasteiger partial charge in [0.2, 0.25) is 0 Å². The van der Waals surface area contributed by atoms with Gasteiger partial charge in [-0.05, 0) is 36.4 Å². The zero-order valence-electron chi connectivity index (χ0n) is 16.4. The molecule has 0 aliphatic rings. The zero-order chi connectivity index (χ0) is 22.7. The summed E-state index contributed by atoms with van der Waals surface area (Å²) in [5, 5.41) is 4.31. The first-order valence-corrected chi connectivity index (χ1v) is 10.6. The Kier molecular flexibility index (Phi) is 6.61. The number of nitrogens with zero attached hydrogens (tertiary/aromatic N) is 1. The fraction of sp³-hybridized carbons (Fsp3) is 0.0417. The van der Waals surface area contributed by atoms with Crippen LogP contribution in [0.1, 0.15) is 10.4 Å². The molecule has 0 spiro atoms. The van der Waals surface area contributed by atoms with Crippen LogP contribution in [0.3, 0.4) is 0 Å². The third-order valence-corrected chi connectivity index (χ3v) is 5.71. The number of nitrogens with one attached hydrogen (secondary N) is 1. The molecule has 0 fully saturated rings. The van der Waals surface area contributed by atoms with E-state index in [1.165, 1.54) is 0 Å². The number of benzene rings is 3. The van der Waals surface area contributed by atoms with Crippen molar-refractivity contribution < 1.29 is 14.3 Å². The fourth-order valence-electron chi connectivity index (χ4n) is 3.11. The highest BCUT2D eigenvalue weighted by Crippen LogP contribution is 2.30. The first-order chi connectivity index (χ1) is 15.4. The van der Waals surface area contributed by atoms with E-state index >= 15 is 0 Å². The van der Waals surface area contributed by atoms with Crippen LogP contribution < -0.4 is 5.32 Å². The first kappa shape index (κ1) is 22.1. The van der Waals surface area contributed by atoms with Crippen molar-refractivity contribution in [3.8, 4) is 11.3 Å². The number of esters is 1. The number of halogens is 3. The smallest absolute Gasteiger partial charge is 0.339 e. The van der Waals surface area contributed by atoms with Crippen LogP contribution in [0.2, 0.25) is 15.1 Å². The molecule has 8 heteroatoms. The van der Waals surface area contributed by atoms with Gasteiger partial charge in [0.1, 0.15) is 0 Å². The summed E-state index contributed by atoms with van der Waals surface area (Å²) in [5.74, 6) is -1.19. The van der Waals surface area contributed by atoms with E-state index < -0.39 is 18.5 Å². The standard InChI is InChI=1S/C24H15Cl3N2O3/c25-15-10-8-14(9-11-15)21-12-17(16-4-1-2-6-19(16)28-21)24(31)32-13-22(30)29-20-7-3-5-18(26)23(20)27/h1-12H,13H2,(H,29,30). The average molecular weight is 486 g/mol. The second-order valence-corrected chi connectivity index (χ2v) is 8.03. The van der Waals surface area contributed by atoms with Gasteiger partial charge < -0.3 is 10.1 Å². The van der Waals surface area contributed by atoms with E-state index in [2.05, 4.69) is 10.3 Å². The lowest BCUT2D eigenvalue weighted by Crippen LogP contribution is -2.21. The molecule has 0 saturated carbocycles. The summed E-state index contributed by atoms with van der Waals surface area (Å²) in [6.45, 7) is -0.491. The molecule has 4 rings (SSSR count). The maximum absolute atomic E-state index is 12.9. The first-order valence-electron chi connectivity index (χ1n) is 9.49. The van der Waals surface area contributed by atoms with Crippen molar-refractivity contribution in [2.45, 2.75) is 0 Å². The van der Waals surface area contributed by atoms with Gasteiger partial charge in [0.05, 0.1) is 32.5 Å². The number of pyridine rings is 1. The van der Waals surface area contributed by atoms with Crippen LogP contribution >= 0.6 is 34.8 Å². The summed E-state index contributed by atoms with van der Waals surface area (Å²) in [6, 6.07) is 20.8. The number of ether oxygens (including phenoxy) is 1. The molecule has 160 valence electrons. The van der Waals surface area contributed by atoms with Crippen LogP contribution in [0.15, 0.2) is 72.8 Å². The molecule has 3 aromatic carbocycles. The van der Waals surface area contributed by atoms with E-state index in [9.17, 15) is 9.59 Å². The Morgan fingerprint density at radius 1 is 0.906 bits per heavy atom. The Bertz CT molecular complexity index is 1320. The lowest BCUT2D eigenvalue weighted by Gasteiger charge is -2.11. The second kappa shape index (κ2) is 9.57. The molecular formula is C24H15Cl3N2O3. The zero-order valence-corrected chi connectivity index (χ0v) is 18.7. The predicted molar refractivity (Wildman–Crippen MR) is 128 cm³/mol.